The average Bonchev–Trinajstić information content (AvgIpc) is 2.35. The second-order valence-electron chi connectivity index (χ2n) is 6.06. The number of rotatable bonds is 3. The van der Waals surface area contributed by atoms with Gasteiger partial charge in [-0.1, -0.05) is 52.7 Å². The van der Waals surface area contributed by atoms with Gasteiger partial charge in [-0.3, -0.25) is 0 Å². The summed E-state index contributed by atoms with van der Waals surface area (Å²) in [6, 6.07) is 6.50. The summed E-state index contributed by atoms with van der Waals surface area (Å²) in [5.74, 6) is 7.83. The maximum Gasteiger partial charge on any atom is 0.122 e. The van der Waals surface area contributed by atoms with Crippen LogP contribution in [0.2, 0.25) is 0 Å². The maximum atomic E-state index is 5.47. The number of ether oxygens (including phenoxy) is 1. The average molecular weight is 258 g/mol. The van der Waals surface area contributed by atoms with Gasteiger partial charge in [0.25, 0.3) is 0 Å². The third-order valence-corrected chi connectivity index (χ3v) is 3.14. The Hall–Kier alpha value is -1.42. The standard InChI is InChI=1S/C18H26O/c1-7-8-9-14(2)12-15-10-11-17(19-6)16(13-15)18(3,4)5/h10-11,13-14H,7,12H2,1-6H3. The minimum atomic E-state index is 0.0969. The molecular formula is C18H26O. The summed E-state index contributed by atoms with van der Waals surface area (Å²) >= 11 is 0. The van der Waals surface area contributed by atoms with E-state index in [1.807, 2.05) is 0 Å². The summed E-state index contributed by atoms with van der Waals surface area (Å²) in [4.78, 5) is 0. The van der Waals surface area contributed by atoms with Crippen LogP contribution in [0.5, 0.6) is 5.75 Å². The van der Waals surface area contributed by atoms with E-state index in [1.54, 1.807) is 7.11 Å². The molecule has 1 rings (SSSR count). The molecule has 0 spiro atoms. The fourth-order valence-electron chi connectivity index (χ4n) is 2.15. The van der Waals surface area contributed by atoms with Gasteiger partial charge in [0.15, 0.2) is 0 Å². The molecule has 1 aromatic rings. The third kappa shape index (κ3) is 4.63. The molecule has 0 aliphatic carbocycles. The van der Waals surface area contributed by atoms with Gasteiger partial charge in [0.05, 0.1) is 7.11 Å². The SMILES string of the molecule is CCC#CC(C)Cc1ccc(OC)c(C(C)(C)C)c1. The molecule has 1 aromatic carbocycles. The first-order valence-electron chi connectivity index (χ1n) is 7.04. The number of methoxy groups -OCH3 is 1. The first-order valence-corrected chi connectivity index (χ1v) is 7.04. The van der Waals surface area contributed by atoms with E-state index in [1.165, 1.54) is 11.1 Å². The van der Waals surface area contributed by atoms with Gasteiger partial charge in [-0.05, 0) is 29.0 Å². The monoisotopic (exact) mass is 258 g/mol. The molecule has 19 heavy (non-hydrogen) atoms. The maximum absolute atomic E-state index is 5.47. The molecule has 1 nitrogen and oxygen atoms in total. The smallest absolute Gasteiger partial charge is 0.122 e. The van der Waals surface area contributed by atoms with E-state index in [9.17, 15) is 0 Å². The number of hydrogen-bond acceptors (Lipinski definition) is 1. The Morgan fingerprint density at radius 3 is 2.47 bits per heavy atom. The normalized spacial score (nSPS) is 12.5. The molecule has 0 amide bonds. The summed E-state index contributed by atoms with van der Waals surface area (Å²) < 4.78 is 5.47. The molecule has 1 heteroatoms. The zero-order valence-electron chi connectivity index (χ0n) is 13.1. The lowest BCUT2D eigenvalue weighted by Crippen LogP contribution is -2.13. The second-order valence-corrected chi connectivity index (χ2v) is 6.06. The van der Waals surface area contributed by atoms with Crippen molar-refractivity contribution in [1.82, 2.24) is 0 Å². The van der Waals surface area contributed by atoms with Gasteiger partial charge in [0.2, 0.25) is 0 Å². The zero-order chi connectivity index (χ0) is 14.5. The van der Waals surface area contributed by atoms with Crippen LogP contribution < -0.4 is 4.74 Å². The predicted molar refractivity (Wildman–Crippen MR) is 82.6 cm³/mol. The van der Waals surface area contributed by atoms with Crippen molar-refractivity contribution in [2.45, 2.75) is 52.9 Å². The van der Waals surface area contributed by atoms with E-state index in [-0.39, 0.29) is 5.41 Å². The van der Waals surface area contributed by atoms with Crippen LogP contribution in [-0.2, 0) is 11.8 Å². The highest BCUT2D eigenvalue weighted by atomic mass is 16.5. The van der Waals surface area contributed by atoms with Crippen molar-refractivity contribution in [2.75, 3.05) is 7.11 Å². The van der Waals surface area contributed by atoms with Crippen molar-refractivity contribution in [3.8, 4) is 17.6 Å². The lowest BCUT2D eigenvalue weighted by Gasteiger charge is -2.23. The quantitative estimate of drug-likeness (QED) is 0.721. The predicted octanol–water partition coefficient (Wildman–Crippen LogP) is 4.58. The van der Waals surface area contributed by atoms with Gasteiger partial charge >= 0.3 is 0 Å². The topological polar surface area (TPSA) is 9.23 Å². The summed E-state index contributed by atoms with van der Waals surface area (Å²) in [6.07, 6.45) is 1.93. The van der Waals surface area contributed by atoms with Crippen LogP contribution in [0.25, 0.3) is 0 Å². The second kappa shape index (κ2) is 6.66. The molecule has 0 fully saturated rings. The first-order chi connectivity index (χ1) is 8.88. The van der Waals surface area contributed by atoms with Gasteiger partial charge in [0.1, 0.15) is 5.75 Å². The molecule has 104 valence electrons. The van der Waals surface area contributed by atoms with Crippen molar-refractivity contribution in [2.24, 2.45) is 5.92 Å². The highest BCUT2D eigenvalue weighted by molar-refractivity contribution is 5.41. The van der Waals surface area contributed by atoms with Crippen LogP contribution in [-0.4, -0.2) is 7.11 Å². The third-order valence-electron chi connectivity index (χ3n) is 3.14. The molecule has 0 radical (unpaired) electrons. The van der Waals surface area contributed by atoms with Crippen molar-refractivity contribution in [3.63, 3.8) is 0 Å². The Balaban J connectivity index is 2.99. The Morgan fingerprint density at radius 2 is 1.95 bits per heavy atom. The summed E-state index contributed by atoms with van der Waals surface area (Å²) in [5, 5.41) is 0. The van der Waals surface area contributed by atoms with E-state index in [2.05, 4.69) is 64.7 Å². The van der Waals surface area contributed by atoms with E-state index in [0.717, 1.165) is 18.6 Å². The van der Waals surface area contributed by atoms with E-state index >= 15 is 0 Å². The highest BCUT2D eigenvalue weighted by Gasteiger charge is 2.19. The van der Waals surface area contributed by atoms with Crippen molar-refractivity contribution >= 4 is 0 Å². The van der Waals surface area contributed by atoms with Crippen LogP contribution in [0.3, 0.4) is 0 Å². The molecule has 0 saturated carbocycles. The van der Waals surface area contributed by atoms with Gasteiger partial charge in [0, 0.05) is 12.3 Å². The van der Waals surface area contributed by atoms with Gasteiger partial charge in [-0.25, -0.2) is 0 Å². The Bertz CT molecular complexity index is 469. The highest BCUT2D eigenvalue weighted by Crippen LogP contribution is 2.32. The Kier molecular flexibility index (Phi) is 5.48. The van der Waals surface area contributed by atoms with Crippen molar-refractivity contribution in [1.29, 1.82) is 0 Å². The largest absolute Gasteiger partial charge is 0.496 e. The molecule has 1 atom stereocenters. The molecule has 0 aliphatic rings. The molecule has 0 aromatic heterocycles. The molecule has 1 unspecified atom stereocenters. The van der Waals surface area contributed by atoms with Crippen molar-refractivity contribution < 1.29 is 4.74 Å². The van der Waals surface area contributed by atoms with Crippen LogP contribution in [0.15, 0.2) is 18.2 Å². The lowest BCUT2D eigenvalue weighted by molar-refractivity contribution is 0.397. The van der Waals surface area contributed by atoms with Crippen LogP contribution in [0, 0.1) is 17.8 Å². The fraction of sp³-hybridized carbons (Fsp3) is 0.556. The number of hydrogen-bond donors (Lipinski definition) is 0. The fourth-order valence-corrected chi connectivity index (χ4v) is 2.15. The minimum Gasteiger partial charge on any atom is -0.496 e. The van der Waals surface area contributed by atoms with E-state index in [4.69, 9.17) is 4.74 Å². The summed E-state index contributed by atoms with van der Waals surface area (Å²) in [7, 11) is 1.74. The zero-order valence-corrected chi connectivity index (χ0v) is 13.1. The molecule has 0 heterocycles. The lowest BCUT2D eigenvalue weighted by atomic mass is 9.84. The molecule has 0 N–H and O–H groups in total. The van der Waals surface area contributed by atoms with Gasteiger partial charge < -0.3 is 4.74 Å². The summed E-state index contributed by atoms with van der Waals surface area (Å²) in [6.45, 7) is 10.9. The molecule has 0 saturated heterocycles. The molecular weight excluding hydrogens is 232 g/mol. The first kappa shape index (κ1) is 15.6. The Labute approximate surface area is 118 Å². The van der Waals surface area contributed by atoms with Crippen LogP contribution >= 0.6 is 0 Å². The van der Waals surface area contributed by atoms with Crippen LogP contribution in [0.1, 0.15) is 52.2 Å². The number of benzene rings is 1. The van der Waals surface area contributed by atoms with Gasteiger partial charge in [-0.2, -0.15) is 0 Å². The van der Waals surface area contributed by atoms with E-state index in [0.29, 0.717) is 5.92 Å². The van der Waals surface area contributed by atoms with Crippen LogP contribution in [0.4, 0.5) is 0 Å². The minimum absolute atomic E-state index is 0.0969. The van der Waals surface area contributed by atoms with Gasteiger partial charge in [-0.15, -0.1) is 5.92 Å². The Morgan fingerprint density at radius 1 is 1.26 bits per heavy atom. The molecule has 0 aliphatic heterocycles. The summed E-state index contributed by atoms with van der Waals surface area (Å²) in [5.41, 5.74) is 2.70. The van der Waals surface area contributed by atoms with Crippen molar-refractivity contribution in [3.05, 3.63) is 29.3 Å². The molecule has 0 bridgehead atoms. The van der Waals surface area contributed by atoms with E-state index < -0.39 is 0 Å².